The van der Waals surface area contributed by atoms with Gasteiger partial charge in [0.05, 0.1) is 13.0 Å². The van der Waals surface area contributed by atoms with E-state index in [0.29, 0.717) is 55.8 Å². The Hall–Kier alpha value is -1.45. The zero-order valence-corrected chi connectivity index (χ0v) is 17.8. The molecule has 0 bridgehead atoms. The average molecular weight is 429 g/mol. The lowest BCUT2D eigenvalue weighted by Gasteiger charge is -2.33. The number of ether oxygens (including phenoxy) is 1. The second kappa shape index (κ2) is 9.37. The molecule has 0 unspecified atom stereocenters. The molecular formula is C19H28N2O5S2. The van der Waals surface area contributed by atoms with Crippen LogP contribution in [-0.4, -0.2) is 62.3 Å². The van der Waals surface area contributed by atoms with Gasteiger partial charge in [-0.15, -0.1) is 11.3 Å². The Morgan fingerprint density at radius 1 is 1.25 bits per heavy atom. The molecule has 2 aliphatic rings. The summed E-state index contributed by atoms with van der Waals surface area (Å²) in [5.74, 6) is 0.110. The van der Waals surface area contributed by atoms with Crippen LogP contribution in [0.5, 0.6) is 0 Å². The molecule has 0 spiro atoms. The van der Waals surface area contributed by atoms with E-state index >= 15 is 0 Å². The lowest BCUT2D eigenvalue weighted by molar-refractivity contribution is -0.144. The summed E-state index contributed by atoms with van der Waals surface area (Å²) in [6.07, 6.45) is 3.49. The van der Waals surface area contributed by atoms with Crippen molar-refractivity contribution in [1.29, 1.82) is 0 Å². The molecule has 1 aliphatic carbocycles. The number of carbonyl (C=O) groups excluding carboxylic acids is 2. The highest BCUT2D eigenvalue weighted by Crippen LogP contribution is 2.32. The zero-order chi connectivity index (χ0) is 20.1. The number of carbonyl (C=O) groups is 2. The number of esters is 1. The van der Waals surface area contributed by atoms with Gasteiger partial charge in [0, 0.05) is 32.1 Å². The van der Waals surface area contributed by atoms with Gasteiger partial charge in [0.15, 0.2) is 0 Å². The first-order valence-electron chi connectivity index (χ1n) is 9.90. The van der Waals surface area contributed by atoms with Crippen molar-refractivity contribution in [2.45, 2.75) is 43.2 Å². The SMILES string of the molecule is CCOC(=O)CCN(CC1CC1)C(=O)C1CCN(S(=O)(=O)c2cccs2)CC1. The van der Waals surface area contributed by atoms with Crippen LogP contribution < -0.4 is 0 Å². The van der Waals surface area contributed by atoms with Gasteiger partial charge in [-0.3, -0.25) is 9.59 Å². The minimum Gasteiger partial charge on any atom is -0.466 e. The Balaban J connectivity index is 1.56. The molecule has 156 valence electrons. The van der Waals surface area contributed by atoms with Crippen LogP contribution in [0, 0.1) is 11.8 Å². The number of hydrogen-bond acceptors (Lipinski definition) is 6. The molecule has 0 N–H and O–H groups in total. The van der Waals surface area contributed by atoms with Crippen molar-refractivity contribution in [2.24, 2.45) is 11.8 Å². The van der Waals surface area contributed by atoms with E-state index in [1.165, 1.54) is 15.6 Å². The third-order valence-corrected chi connectivity index (χ3v) is 8.54. The van der Waals surface area contributed by atoms with Crippen LogP contribution in [0.15, 0.2) is 21.7 Å². The maximum absolute atomic E-state index is 13.0. The number of hydrogen-bond donors (Lipinski definition) is 0. The third-order valence-electron chi connectivity index (χ3n) is 5.27. The molecule has 7 nitrogen and oxygen atoms in total. The molecule has 1 amide bonds. The van der Waals surface area contributed by atoms with Crippen LogP contribution in [0.3, 0.4) is 0 Å². The fourth-order valence-electron chi connectivity index (χ4n) is 3.50. The minimum absolute atomic E-state index is 0.0457. The summed E-state index contributed by atoms with van der Waals surface area (Å²) in [6.45, 7) is 3.88. The van der Waals surface area contributed by atoms with Crippen molar-refractivity contribution in [3.63, 3.8) is 0 Å². The fourth-order valence-corrected chi connectivity index (χ4v) is 6.12. The maximum atomic E-state index is 13.0. The van der Waals surface area contributed by atoms with Crippen LogP contribution in [0.25, 0.3) is 0 Å². The van der Waals surface area contributed by atoms with E-state index in [0.717, 1.165) is 12.8 Å². The molecular weight excluding hydrogens is 400 g/mol. The topological polar surface area (TPSA) is 84.0 Å². The van der Waals surface area contributed by atoms with E-state index in [1.54, 1.807) is 29.3 Å². The Kier molecular flexibility index (Phi) is 7.11. The molecule has 3 rings (SSSR count). The summed E-state index contributed by atoms with van der Waals surface area (Å²) in [5, 5.41) is 1.75. The van der Waals surface area contributed by atoms with Gasteiger partial charge in [0.2, 0.25) is 5.91 Å². The fraction of sp³-hybridized carbons (Fsp3) is 0.684. The molecule has 1 aromatic heterocycles. The molecule has 1 aromatic rings. The van der Waals surface area contributed by atoms with Crippen molar-refractivity contribution in [3.05, 3.63) is 17.5 Å². The quantitative estimate of drug-likeness (QED) is 0.564. The van der Waals surface area contributed by atoms with Crippen LogP contribution in [0.1, 0.15) is 39.0 Å². The van der Waals surface area contributed by atoms with E-state index in [4.69, 9.17) is 4.74 Å². The summed E-state index contributed by atoms with van der Waals surface area (Å²) < 4.78 is 32.1. The Bertz CT molecular complexity index is 766. The average Bonchev–Trinajstić information content (AvgIpc) is 3.32. The van der Waals surface area contributed by atoms with E-state index < -0.39 is 10.0 Å². The van der Waals surface area contributed by atoms with Crippen molar-refractivity contribution in [2.75, 3.05) is 32.8 Å². The van der Waals surface area contributed by atoms with Gasteiger partial charge in [0.25, 0.3) is 10.0 Å². The van der Waals surface area contributed by atoms with Crippen LogP contribution in [-0.2, 0) is 24.3 Å². The Morgan fingerprint density at radius 2 is 1.96 bits per heavy atom. The monoisotopic (exact) mass is 428 g/mol. The van der Waals surface area contributed by atoms with Gasteiger partial charge in [0.1, 0.15) is 4.21 Å². The number of nitrogens with zero attached hydrogens (tertiary/aromatic N) is 2. The van der Waals surface area contributed by atoms with E-state index in [9.17, 15) is 18.0 Å². The minimum atomic E-state index is -3.46. The number of thiophene rings is 1. The molecule has 1 aliphatic heterocycles. The molecule has 1 saturated heterocycles. The third kappa shape index (κ3) is 5.33. The first-order valence-corrected chi connectivity index (χ1v) is 12.2. The summed E-state index contributed by atoms with van der Waals surface area (Å²) in [7, 11) is -3.46. The van der Waals surface area contributed by atoms with Gasteiger partial charge in [-0.05, 0) is 50.0 Å². The molecule has 0 aromatic carbocycles. The van der Waals surface area contributed by atoms with Gasteiger partial charge in [-0.1, -0.05) is 6.07 Å². The van der Waals surface area contributed by atoms with Crippen LogP contribution in [0.2, 0.25) is 0 Å². The summed E-state index contributed by atoms with van der Waals surface area (Å²) in [4.78, 5) is 26.5. The van der Waals surface area contributed by atoms with Crippen LogP contribution >= 0.6 is 11.3 Å². The predicted molar refractivity (Wildman–Crippen MR) is 106 cm³/mol. The summed E-state index contributed by atoms with van der Waals surface area (Å²) >= 11 is 1.21. The summed E-state index contributed by atoms with van der Waals surface area (Å²) in [5.41, 5.74) is 0. The van der Waals surface area contributed by atoms with Crippen molar-refractivity contribution >= 4 is 33.2 Å². The zero-order valence-electron chi connectivity index (χ0n) is 16.2. The molecule has 2 fully saturated rings. The highest BCUT2D eigenvalue weighted by atomic mass is 32.2. The number of amides is 1. The lowest BCUT2D eigenvalue weighted by atomic mass is 9.96. The van der Waals surface area contributed by atoms with E-state index in [2.05, 4.69) is 0 Å². The Labute approximate surface area is 170 Å². The molecule has 0 atom stereocenters. The van der Waals surface area contributed by atoms with Gasteiger partial charge >= 0.3 is 5.97 Å². The second-order valence-electron chi connectivity index (χ2n) is 7.39. The highest BCUT2D eigenvalue weighted by molar-refractivity contribution is 7.91. The number of piperidine rings is 1. The first kappa shape index (κ1) is 21.3. The number of rotatable bonds is 9. The molecule has 28 heavy (non-hydrogen) atoms. The van der Waals surface area contributed by atoms with E-state index in [1.807, 2.05) is 0 Å². The standard InChI is InChI=1S/C19H28N2O5S2/c1-2-26-17(22)9-10-20(14-15-5-6-15)19(23)16-7-11-21(12-8-16)28(24,25)18-4-3-13-27-18/h3-4,13,15-16H,2,5-12,14H2,1H3. The lowest BCUT2D eigenvalue weighted by Crippen LogP contribution is -2.45. The van der Waals surface area contributed by atoms with Crippen molar-refractivity contribution in [3.8, 4) is 0 Å². The van der Waals surface area contributed by atoms with Gasteiger partial charge in [-0.2, -0.15) is 4.31 Å². The first-order chi connectivity index (χ1) is 13.4. The normalized spacial score (nSPS) is 18.8. The molecule has 0 radical (unpaired) electrons. The highest BCUT2D eigenvalue weighted by Gasteiger charge is 2.35. The van der Waals surface area contributed by atoms with Gasteiger partial charge in [-0.25, -0.2) is 8.42 Å². The van der Waals surface area contributed by atoms with Crippen molar-refractivity contribution in [1.82, 2.24) is 9.21 Å². The number of sulfonamides is 1. The largest absolute Gasteiger partial charge is 0.466 e. The van der Waals surface area contributed by atoms with E-state index in [-0.39, 0.29) is 24.2 Å². The predicted octanol–water partition coefficient (Wildman–Crippen LogP) is 2.34. The molecule has 1 saturated carbocycles. The Morgan fingerprint density at radius 3 is 2.54 bits per heavy atom. The maximum Gasteiger partial charge on any atom is 0.307 e. The molecule has 2 heterocycles. The summed E-state index contributed by atoms with van der Waals surface area (Å²) in [6, 6.07) is 3.34. The van der Waals surface area contributed by atoms with Gasteiger partial charge < -0.3 is 9.64 Å². The second-order valence-corrected chi connectivity index (χ2v) is 10.5. The van der Waals surface area contributed by atoms with Crippen molar-refractivity contribution < 1.29 is 22.7 Å². The molecule has 9 heteroatoms. The smallest absolute Gasteiger partial charge is 0.307 e. The van der Waals surface area contributed by atoms with Crippen LogP contribution in [0.4, 0.5) is 0 Å².